The lowest BCUT2D eigenvalue weighted by molar-refractivity contribution is -0.0604. The second-order valence-corrected chi connectivity index (χ2v) is 10.6. The number of carbonyl (C=O) groups is 1. The average Bonchev–Trinajstić information content (AvgIpc) is 3.19. The Bertz CT molecular complexity index is 1290. The van der Waals surface area contributed by atoms with E-state index in [1.807, 2.05) is 95.3 Å². The Kier molecular flexibility index (Phi) is 8.26. The van der Waals surface area contributed by atoms with Crippen molar-refractivity contribution < 1.29 is 14.3 Å². The predicted octanol–water partition coefficient (Wildman–Crippen LogP) is 7.06. The van der Waals surface area contributed by atoms with Crippen LogP contribution >= 0.6 is 0 Å². The number of aliphatic imine (C=N–C) groups is 2. The maximum Gasteiger partial charge on any atom is 0.413 e. The number of rotatable bonds is 6. The van der Waals surface area contributed by atoms with Crippen LogP contribution < -0.4 is 0 Å². The Labute approximate surface area is 225 Å². The maximum atomic E-state index is 12.9. The summed E-state index contributed by atoms with van der Waals surface area (Å²) in [7, 11) is 0. The molecule has 0 radical (unpaired) electrons. The number of carbonyl (C=O) groups excluding carboxylic acids is 1. The first-order valence-corrected chi connectivity index (χ1v) is 12.8. The minimum Gasteiger partial charge on any atom is -0.444 e. The highest BCUT2D eigenvalue weighted by molar-refractivity contribution is 5.99. The lowest BCUT2D eigenvalue weighted by Gasteiger charge is -2.34. The molecule has 0 unspecified atom stereocenters. The average molecular weight is 510 g/mol. The van der Waals surface area contributed by atoms with E-state index in [0.29, 0.717) is 13.2 Å². The fourth-order valence-electron chi connectivity index (χ4n) is 4.26. The fraction of sp³-hybridized carbons (Fsp3) is 0.312. The van der Waals surface area contributed by atoms with Gasteiger partial charge in [0.05, 0.1) is 30.5 Å². The van der Waals surface area contributed by atoms with Gasteiger partial charge in [0.2, 0.25) is 0 Å². The molecule has 0 aliphatic carbocycles. The number of para-hydroxylation sites is 1. The van der Waals surface area contributed by atoms with Gasteiger partial charge < -0.3 is 9.47 Å². The molecule has 1 saturated heterocycles. The largest absolute Gasteiger partial charge is 0.444 e. The molecule has 0 bridgehead atoms. The molecule has 3 aromatic rings. The topological polar surface area (TPSA) is 63.5 Å². The third kappa shape index (κ3) is 6.86. The van der Waals surface area contributed by atoms with Gasteiger partial charge in [-0.05, 0) is 63.2 Å². The van der Waals surface area contributed by atoms with Gasteiger partial charge in [0.1, 0.15) is 11.3 Å². The Morgan fingerprint density at radius 2 is 1.58 bits per heavy atom. The van der Waals surface area contributed by atoms with Gasteiger partial charge in [-0.1, -0.05) is 78.9 Å². The van der Waals surface area contributed by atoms with Crippen LogP contribution in [0, 0.1) is 0 Å². The van der Waals surface area contributed by atoms with E-state index in [9.17, 15) is 4.79 Å². The summed E-state index contributed by atoms with van der Waals surface area (Å²) >= 11 is 0. The van der Waals surface area contributed by atoms with Gasteiger partial charge in [0.15, 0.2) is 0 Å². The number of amides is 1. The van der Waals surface area contributed by atoms with Gasteiger partial charge in [0.25, 0.3) is 0 Å². The zero-order chi connectivity index (χ0) is 27.2. The Hall–Kier alpha value is -3.99. The van der Waals surface area contributed by atoms with Gasteiger partial charge in [0, 0.05) is 6.21 Å². The van der Waals surface area contributed by atoms with Crippen molar-refractivity contribution in [2.24, 2.45) is 9.98 Å². The first-order chi connectivity index (χ1) is 18.1. The highest BCUT2D eigenvalue weighted by Gasteiger charge is 2.45. The highest BCUT2D eigenvalue weighted by Crippen LogP contribution is 2.29. The van der Waals surface area contributed by atoms with E-state index in [0.717, 1.165) is 28.0 Å². The molecule has 38 heavy (non-hydrogen) atoms. The number of ether oxygens (including phenoxy) is 2. The minimum atomic E-state index is -0.780. The summed E-state index contributed by atoms with van der Waals surface area (Å²) in [5, 5.41) is 0. The number of hydrogen-bond acceptors (Lipinski definition) is 5. The van der Waals surface area contributed by atoms with Crippen molar-refractivity contribution >= 4 is 29.4 Å². The van der Waals surface area contributed by atoms with Crippen LogP contribution in [0.2, 0.25) is 0 Å². The molecule has 3 aromatic carbocycles. The molecule has 6 nitrogen and oxygen atoms in total. The van der Waals surface area contributed by atoms with E-state index in [2.05, 4.69) is 35.1 Å². The summed E-state index contributed by atoms with van der Waals surface area (Å²) in [6.45, 7) is 10.0. The molecule has 1 amide bonds. The molecule has 0 saturated carbocycles. The monoisotopic (exact) mass is 509 g/mol. The van der Waals surface area contributed by atoms with E-state index in [1.165, 1.54) is 0 Å². The summed E-state index contributed by atoms with van der Waals surface area (Å²) in [6.07, 6.45) is 1.36. The van der Waals surface area contributed by atoms with Crippen LogP contribution in [-0.4, -0.2) is 47.1 Å². The molecular weight excluding hydrogens is 474 g/mol. The third-order valence-electron chi connectivity index (χ3n) is 6.05. The Morgan fingerprint density at radius 3 is 2.18 bits per heavy atom. The first kappa shape index (κ1) is 27.1. The van der Waals surface area contributed by atoms with Crippen molar-refractivity contribution in [3.63, 3.8) is 0 Å². The van der Waals surface area contributed by atoms with Crippen LogP contribution in [0.15, 0.2) is 94.9 Å². The Morgan fingerprint density at radius 1 is 1.00 bits per heavy atom. The molecule has 0 aromatic heterocycles. The van der Waals surface area contributed by atoms with Gasteiger partial charge in [-0.3, -0.25) is 9.89 Å². The third-order valence-corrected chi connectivity index (χ3v) is 6.05. The molecule has 0 N–H and O–H groups in total. The van der Waals surface area contributed by atoms with Crippen molar-refractivity contribution in [3.8, 4) is 0 Å². The second kappa shape index (κ2) is 11.6. The molecule has 6 heteroatoms. The van der Waals surface area contributed by atoms with E-state index in [-0.39, 0.29) is 6.04 Å². The zero-order valence-electron chi connectivity index (χ0n) is 22.7. The summed E-state index contributed by atoms with van der Waals surface area (Å²) < 4.78 is 11.5. The summed E-state index contributed by atoms with van der Waals surface area (Å²) in [4.78, 5) is 23.9. The van der Waals surface area contributed by atoms with Crippen molar-refractivity contribution in [2.75, 3.05) is 6.61 Å². The van der Waals surface area contributed by atoms with E-state index in [4.69, 9.17) is 14.5 Å². The van der Waals surface area contributed by atoms with Crippen molar-refractivity contribution in [2.45, 2.75) is 58.5 Å². The van der Waals surface area contributed by atoms with Gasteiger partial charge in [-0.2, -0.15) is 0 Å². The van der Waals surface area contributed by atoms with Crippen LogP contribution in [-0.2, 0) is 16.0 Å². The van der Waals surface area contributed by atoms with E-state index >= 15 is 0 Å². The molecular formula is C32H35N3O3. The lowest BCUT2D eigenvalue weighted by Crippen LogP contribution is -2.50. The molecule has 4 rings (SSSR count). The molecule has 0 spiro atoms. The number of hydrogen-bond donors (Lipinski definition) is 0. The van der Waals surface area contributed by atoms with Crippen LogP contribution in [0.25, 0.3) is 5.57 Å². The van der Waals surface area contributed by atoms with E-state index < -0.39 is 17.4 Å². The van der Waals surface area contributed by atoms with Gasteiger partial charge in [-0.15, -0.1) is 0 Å². The van der Waals surface area contributed by atoms with Crippen LogP contribution in [0.5, 0.6) is 0 Å². The number of nitrogens with zero attached hydrogens (tertiary/aromatic N) is 3. The van der Waals surface area contributed by atoms with Gasteiger partial charge >= 0.3 is 6.09 Å². The predicted molar refractivity (Wildman–Crippen MR) is 153 cm³/mol. The smallest absolute Gasteiger partial charge is 0.413 e. The summed E-state index contributed by atoms with van der Waals surface area (Å²) in [6, 6.07) is 27.8. The van der Waals surface area contributed by atoms with E-state index in [1.54, 1.807) is 11.1 Å². The van der Waals surface area contributed by atoms with Crippen LogP contribution in [0.3, 0.4) is 0 Å². The molecule has 196 valence electrons. The maximum absolute atomic E-state index is 12.9. The molecule has 1 aliphatic rings. The normalized spacial score (nSPS) is 16.8. The SMILES string of the molecule is CC(C)(C)OC(=O)N1[C@H](C=NCc2ccccc2N=C=C(c2ccccc2)c2ccccc2)COC1(C)C. The molecule has 1 aliphatic heterocycles. The second-order valence-electron chi connectivity index (χ2n) is 10.6. The molecule has 1 atom stereocenters. The Balaban J connectivity index is 1.58. The van der Waals surface area contributed by atoms with Crippen LogP contribution in [0.1, 0.15) is 51.3 Å². The van der Waals surface area contributed by atoms with Crippen molar-refractivity contribution in [1.82, 2.24) is 4.90 Å². The molecule has 1 fully saturated rings. The highest BCUT2D eigenvalue weighted by atomic mass is 16.6. The van der Waals surface area contributed by atoms with Crippen molar-refractivity contribution in [1.29, 1.82) is 0 Å². The van der Waals surface area contributed by atoms with Crippen LogP contribution in [0.4, 0.5) is 10.5 Å². The van der Waals surface area contributed by atoms with Crippen molar-refractivity contribution in [3.05, 3.63) is 102 Å². The standard InChI is InChI=1S/C32H35N3O3/c1-31(2,3)38-30(36)35-27(23-37-32(35,4)5)21-33-20-26-18-12-13-19-29(26)34-22-28(24-14-8-6-9-15-24)25-16-10-7-11-17-25/h6-19,21,27H,20,23H2,1-5H3/t27-/m1/s1. The summed E-state index contributed by atoms with van der Waals surface area (Å²) in [5.74, 6) is 3.30. The summed E-state index contributed by atoms with van der Waals surface area (Å²) in [5.41, 5.74) is 3.38. The first-order valence-electron chi connectivity index (χ1n) is 12.8. The van der Waals surface area contributed by atoms with Gasteiger partial charge in [-0.25, -0.2) is 9.79 Å². The fourth-order valence-corrected chi connectivity index (χ4v) is 4.26. The zero-order valence-corrected chi connectivity index (χ0v) is 22.7. The quantitative estimate of drug-likeness (QED) is 0.334. The lowest BCUT2D eigenvalue weighted by atomic mass is 9.99. The molecule has 1 heterocycles. The number of benzene rings is 3. The minimum absolute atomic E-state index is 0.321.